The number of ether oxygens (including phenoxy) is 1. The standard InChI is InChI=1S/C21H20N2O4/c24-15-9-16-18(25)11-21-8-4-7-19(27-12-14-5-2-1-3-6-14)22(13-21)20(26)17(10-15)23(16)21/h1-3,5-6,9-10,19H,4,7-8,11-13H2. The Kier molecular flexibility index (Phi) is 3.59. The highest BCUT2D eigenvalue weighted by atomic mass is 16.5. The summed E-state index contributed by atoms with van der Waals surface area (Å²) in [5.41, 5.74) is 1.03. The maximum atomic E-state index is 13.2. The van der Waals surface area contributed by atoms with Gasteiger partial charge in [-0.05, 0) is 24.8 Å². The van der Waals surface area contributed by atoms with Crippen LogP contribution in [0.3, 0.4) is 0 Å². The molecule has 0 saturated carbocycles. The molecule has 0 radical (unpaired) electrons. The minimum Gasteiger partial charge on any atom is -0.354 e. The van der Waals surface area contributed by atoms with E-state index in [1.165, 1.54) is 12.1 Å². The van der Waals surface area contributed by atoms with E-state index >= 15 is 0 Å². The molecule has 1 amide bonds. The molecule has 1 spiro atoms. The smallest absolute Gasteiger partial charge is 0.272 e. The molecule has 2 aromatic rings. The minimum atomic E-state index is -0.436. The van der Waals surface area contributed by atoms with Crippen LogP contribution in [0.15, 0.2) is 47.3 Å². The lowest BCUT2D eigenvalue weighted by atomic mass is 9.89. The Hall–Kier alpha value is -2.73. The highest BCUT2D eigenvalue weighted by Gasteiger charge is 2.52. The van der Waals surface area contributed by atoms with Gasteiger partial charge in [-0.2, -0.15) is 0 Å². The second-order valence-electron chi connectivity index (χ2n) is 7.70. The number of benzene rings is 1. The Labute approximate surface area is 156 Å². The van der Waals surface area contributed by atoms with E-state index in [1.54, 1.807) is 4.90 Å². The number of aromatic nitrogens is 1. The predicted octanol–water partition coefficient (Wildman–Crippen LogP) is 2.31. The first-order valence-corrected chi connectivity index (χ1v) is 9.35. The third kappa shape index (κ3) is 2.47. The summed E-state index contributed by atoms with van der Waals surface area (Å²) < 4.78 is 7.96. The van der Waals surface area contributed by atoms with Crippen LogP contribution in [0.1, 0.15) is 52.2 Å². The molecule has 4 heterocycles. The van der Waals surface area contributed by atoms with Crippen molar-refractivity contribution in [2.75, 3.05) is 6.54 Å². The zero-order chi connectivity index (χ0) is 18.6. The van der Waals surface area contributed by atoms with Gasteiger partial charge in [0, 0.05) is 25.1 Å². The summed E-state index contributed by atoms with van der Waals surface area (Å²) in [7, 11) is 0. The number of nitrogens with zero attached hydrogens (tertiary/aromatic N) is 2. The average molecular weight is 364 g/mol. The molecular weight excluding hydrogens is 344 g/mol. The van der Waals surface area contributed by atoms with Crippen molar-refractivity contribution < 1.29 is 14.3 Å². The van der Waals surface area contributed by atoms with E-state index < -0.39 is 5.54 Å². The zero-order valence-corrected chi connectivity index (χ0v) is 14.9. The fourth-order valence-corrected chi connectivity index (χ4v) is 4.79. The van der Waals surface area contributed by atoms with E-state index in [4.69, 9.17) is 4.74 Å². The van der Waals surface area contributed by atoms with Gasteiger partial charge in [-0.3, -0.25) is 14.4 Å². The van der Waals surface area contributed by atoms with Gasteiger partial charge in [-0.15, -0.1) is 0 Å². The summed E-state index contributed by atoms with van der Waals surface area (Å²) >= 11 is 0. The van der Waals surface area contributed by atoms with E-state index in [1.807, 2.05) is 34.9 Å². The Morgan fingerprint density at radius 3 is 2.67 bits per heavy atom. The van der Waals surface area contributed by atoms with Crippen LogP contribution in [0.5, 0.6) is 0 Å². The Bertz CT molecular complexity index is 997. The summed E-state index contributed by atoms with van der Waals surface area (Å²) in [5, 5.41) is 0. The number of Topliss-reactive ketones (excluding diaryl/α,β-unsaturated/α-hetero) is 1. The van der Waals surface area contributed by atoms with Crippen molar-refractivity contribution in [2.24, 2.45) is 0 Å². The third-order valence-corrected chi connectivity index (χ3v) is 5.96. The number of amides is 1. The lowest BCUT2D eigenvalue weighted by molar-refractivity contribution is -0.0647. The first-order chi connectivity index (χ1) is 13.1. The van der Waals surface area contributed by atoms with Crippen molar-refractivity contribution in [1.29, 1.82) is 0 Å². The van der Waals surface area contributed by atoms with Crippen molar-refractivity contribution in [3.63, 3.8) is 0 Å². The molecule has 1 fully saturated rings. The van der Waals surface area contributed by atoms with Gasteiger partial charge in [-0.25, -0.2) is 0 Å². The third-order valence-electron chi connectivity index (χ3n) is 5.96. The van der Waals surface area contributed by atoms with Crippen LogP contribution < -0.4 is 5.43 Å². The van der Waals surface area contributed by atoms with Gasteiger partial charge in [0.25, 0.3) is 5.91 Å². The molecule has 0 N–H and O–H groups in total. The summed E-state index contributed by atoms with van der Waals surface area (Å²) in [6.07, 6.45) is 2.39. The molecule has 27 heavy (non-hydrogen) atoms. The molecule has 1 aromatic heterocycles. The molecule has 1 saturated heterocycles. The number of carbonyl (C=O) groups is 2. The molecule has 2 bridgehead atoms. The van der Waals surface area contributed by atoms with E-state index in [2.05, 4.69) is 0 Å². The van der Waals surface area contributed by atoms with Gasteiger partial charge in [0.15, 0.2) is 11.2 Å². The first-order valence-electron chi connectivity index (χ1n) is 9.35. The van der Waals surface area contributed by atoms with Crippen LogP contribution in [0.4, 0.5) is 0 Å². The number of hydrogen-bond acceptors (Lipinski definition) is 4. The van der Waals surface area contributed by atoms with Crippen LogP contribution in [0, 0.1) is 0 Å². The van der Waals surface area contributed by atoms with Gasteiger partial charge in [0.2, 0.25) is 0 Å². The normalized spacial score (nSPS) is 26.1. The van der Waals surface area contributed by atoms with Crippen LogP contribution in [-0.4, -0.2) is 33.9 Å². The molecule has 2 atom stereocenters. The van der Waals surface area contributed by atoms with Crippen molar-refractivity contribution in [1.82, 2.24) is 9.47 Å². The SMILES string of the molecule is O=C1CC23CCCC(OCc4ccccc4)N(C2)C(=O)c2cc(=O)cc1n23. The second-order valence-corrected chi connectivity index (χ2v) is 7.70. The highest BCUT2D eigenvalue weighted by molar-refractivity contribution is 6.02. The maximum absolute atomic E-state index is 13.2. The molecule has 5 rings (SSSR count). The topological polar surface area (TPSA) is 68.6 Å². The number of hydrogen-bond donors (Lipinski definition) is 0. The lowest BCUT2D eigenvalue weighted by Gasteiger charge is -2.42. The quantitative estimate of drug-likeness (QED) is 0.838. The summed E-state index contributed by atoms with van der Waals surface area (Å²) in [6.45, 7) is 0.883. The number of pyridine rings is 1. The van der Waals surface area contributed by atoms with Crippen LogP contribution >= 0.6 is 0 Å². The van der Waals surface area contributed by atoms with E-state index in [0.29, 0.717) is 31.0 Å². The average Bonchev–Trinajstić information content (AvgIpc) is 2.84. The minimum absolute atomic E-state index is 0.0488. The van der Waals surface area contributed by atoms with E-state index in [-0.39, 0.29) is 23.3 Å². The van der Waals surface area contributed by atoms with Crippen molar-refractivity contribution in [3.8, 4) is 0 Å². The summed E-state index contributed by atoms with van der Waals surface area (Å²) in [6, 6.07) is 12.6. The predicted molar refractivity (Wildman–Crippen MR) is 97.5 cm³/mol. The Morgan fingerprint density at radius 2 is 1.85 bits per heavy atom. The molecule has 3 aliphatic heterocycles. The maximum Gasteiger partial charge on any atom is 0.272 e. The first kappa shape index (κ1) is 16.4. The Balaban J connectivity index is 1.52. The number of fused-ring (bicyclic) bond motifs is 1. The second kappa shape index (κ2) is 5.89. The molecular formula is C21H20N2O4. The molecule has 0 aliphatic carbocycles. The van der Waals surface area contributed by atoms with Crippen LogP contribution in [0.25, 0.3) is 0 Å². The van der Waals surface area contributed by atoms with Gasteiger partial charge >= 0.3 is 0 Å². The fraction of sp³-hybridized carbons (Fsp3) is 0.381. The monoisotopic (exact) mass is 364 g/mol. The van der Waals surface area contributed by atoms with Gasteiger partial charge in [-0.1, -0.05) is 30.3 Å². The van der Waals surface area contributed by atoms with Crippen molar-refractivity contribution >= 4 is 11.7 Å². The van der Waals surface area contributed by atoms with E-state index in [0.717, 1.165) is 24.8 Å². The molecule has 6 nitrogen and oxygen atoms in total. The number of rotatable bonds is 3. The summed E-state index contributed by atoms with van der Waals surface area (Å²) in [5.74, 6) is -0.272. The van der Waals surface area contributed by atoms with E-state index in [9.17, 15) is 14.4 Å². The number of ketones is 1. The fourth-order valence-electron chi connectivity index (χ4n) is 4.79. The van der Waals surface area contributed by atoms with Gasteiger partial charge in [0.05, 0.1) is 17.8 Å². The van der Waals surface area contributed by atoms with Crippen molar-refractivity contribution in [2.45, 2.75) is 44.1 Å². The van der Waals surface area contributed by atoms with Crippen LogP contribution in [-0.2, 0) is 16.9 Å². The highest BCUT2D eigenvalue weighted by Crippen LogP contribution is 2.44. The molecule has 138 valence electrons. The summed E-state index contributed by atoms with van der Waals surface area (Å²) in [4.78, 5) is 39.5. The van der Waals surface area contributed by atoms with Crippen molar-refractivity contribution in [3.05, 3.63) is 69.6 Å². The molecule has 1 aromatic carbocycles. The van der Waals surface area contributed by atoms with Crippen LogP contribution in [0.2, 0.25) is 0 Å². The number of carbonyl (C=O) groups excluding carboxylic acids is 2. The van der Waals surface area contributed by atoms with Gasteiger partial charge < -0.3 is 14.2 Å². The zero-order valence-electron chi connectivity index (χ0n) is 14.9. The largest absolute Gasteiger partial charge is 0.354 e. The molecule has 6 heteroatoms. The van der Waals surface area contributed by atoms with Gasteiger partial charge in [0.1, 0.15) is 11.9 Å². The lowest BCUT2D eigenvalue weighted by Crippen LogP contribution is -2.55. The molecule has 2 unspecified atom stereocenters. The Morgan fingerprint density at radius 1 is 1.07 bits per heavy atom. The molecule has 3 aliphatic rings.